The predicted molar refractivity (Wildman–Crippen MR) is 118 cm³/mol. The lowest BCUT2D eigenvalue weighted by Gasteiger charge is -2.14. The number of benzene rings is 2. The van der Waals surface area contributed by atoms with Gasteiger partial charge in [-0.25, -0.2) is 15.1 Å². The Kier molecular flexibility index (Phi) is 6.61. The third-order valence-corrected chi connectivity index (χ3v) is 5.14. The van der Waals surface area contributed by atoms with Crippen molar-refractivity contribution in [2.75, 3.05) is 18.5 Å². The summed E-state index contributed by atoms with van der Waals surface area (Å²) < 4.78 is 5.50. The number of anilines is 1. The molecule has 0 bridgehead atoms. The third-order valence-electron chi connectivity index (χ3n) is 5.14. The summed E-state index contributed by atoms with van der Waals surface area (Å²) >= 11 is 0. The number of fused-ring (bicyclic) bond motifs is 3. The summed E-state index contributed by atoms with van der Waals surface area (Å²) in [4.78, 5) is 43.0. The van der Waals surface area contributed by atoms with Crippen LogP contribution >= 0.6 is 0 Å². The van der Waals surface area contributed by atoms with E-state index < -0.39 is 24.6 Å². The highest BCUT2D eigenvalue weighted by molar-refractivity contribution is 5.85. The standard InChI is InChI=1S/C24H21N3O6/c28-22(27-33-14-23(29)30)11-15-9-10-16(12-25-15)26-24(31)32-13-21-19-7-3-1-5-17(19)18-6-2-4-8-20(18)21/h1-10,12,21H,11,13-14H2,(H,26,31)(H,27,28)(H,29,30). The molecule has 2 amide bonds. The Bertz CT molecular complexity index is 1130. The number of aromatic nitrogens is 1. The van der Waals surface area contributed by atoms with Gasteiger partial charge >= 0.3 is 12.1 Å². The van der Waals surface area contributed by atoms with E-state index in [1.54, 1.807) is 12.1 Å². The summed E-state index contributed by atoms with van der Waals surface area (Å²) in [7, 11) is 0. The number of amides is 2. The van der Waals surface area contributed by atoms with Gasteiger partial charge in [-0.05, 0) is 34.4 Å². The molecule has 1 aliphatic carbocycles. The zero-order valence-electron chi connectivity index (χ0n) is 17.5. The Morgan fingerprint density at radius 3 is 2.21 bits per heavy atom. The lowest BCUT2D eigenvalue weighted by molar-refractivity contribution is -0.149. The van der Waals surface area contributed by atoms with Gasteiger partial charge in [0.05, 0.1) is 18.3 Å². The topological polar surface area (TPSA) is 127 Å². The molecule has 0 spiro atoms. The molecule has 0 unspecified atom stereocenters. The minimum atomic E-state index is -1.20. The lowest BCUT2D eigenvalue weighted by atomic mass is 9.98. The van der Waals surface area contributed by atoms with Crippen molar-refractivity contribution in [1.82, 2.24) is 10.5 Å². The summed E-state index contributed by atoms with van der Waals surface area (Å²) in [5, 5.41) is 11.1. The van der Waals surface area contributed by atoms with E-state index in [9.17, 15) is 14.4 Å². The molecule has 0 radical (unpaired) electrons. The number of carboxylic acid groups (broad SMARTS) is 1. The SMILES string of the molecule is O=C(O)CONC(=O)Cc1ccc(NC(=O)OCC2c3ccccc3-c3ccccc32)cn1. The van der Waals surface area contributed by atoms with Gasteiger partial charge in [0.25, 0.3) is 0 Å². The second-order valence-electron chi connectivity index (χ2n) is 7.37. The summed E-state index contributed by atoms with van der Waals surface area (Å²) in [6.07, 6.45) is 0.693. The molecule has 0 saturated heterocycles. The van der Waals surface area contributed by atoms with Gasteiger partial charge in [0.2, 0.25) is 5.91 Å². The van der Waals surface area contributed by atoms with E-state index in [1.807, 2.05) is 41.9 Å². The quantitative estimate of drug-likeness (QED) is 0.453. The molecule has 3 aromatic rings. The number of nitrogens with one attached hydrogen (secondary N) is 2. The first kappa shape index (κ1) is 22.0. The van der Waals surface area contributed by atoms with Crippen LogP contribution in [-0.4, -0.2) is 41.3 Å². The Balaban J connectivity index is 1.30. The van der Waals surface area contributed by atoms with Crippen LogP contribution in [0, 0.1) is 0 Å². The van der Waals surface area contributed by atoms with E-state index >= 15 is 0 Å². The average Bonchev–Trinajstić information content (AvgIpc) is 3.12. The number of aliphatic carboxylic acids is 1. The van der Waals surface area contributed by atoms with Crippen LogP contribution in [0.4, 0.5) is 10.5 Å². The fraction of sp³-hybridized carbons (Fsp3) is 0.167. The van der Waals surface area contributed by atoms with E-state index in [-0.39, 0.29) is 18.9 Å². The number of carbonyl (C=O) groups is 3. The maximum atomic E-state index is 12.3. The average molecular weight is 447 g/mol. The van der Waals surface area contributed by atoms with Crippen LogP contribution in [0.5, 0.6) is 0 Å². The number of hydroxylamine groups is 1. The number of hydrogen-bond acceptors (Lipinski definition) is 6. The number of pyridine rings is 1. The van der Waals surface area contributed by atoms with E-state index in [1.165, 1.54) is 6.20 Å². The summed E-state index contributed by atoms with van der Waals surface area (Å²) in [6.45, 7) is -0.440. The van der Waals surface area contributed by atoms with Crippen LogP contribution in [0.15, 0.2) is 66.9 Å². The van der Waals surface area contributed by atoms with Crippen molar-refractivity contribution in [3.63, 3.8) is 0 Å². The minimum Gasteiger partial charge on any atom is -0.479 e. The maximum absolute atomic E-state index is 12.3. The van der Waals surface area contributed by atoms with Gasteiger partial charge in [-0.1, -0.05) is 48.5 Å². The number of ether oxygens (including phenoxy) is 1. The van der Waals surface area contributed by atoms with Gasteiger partial charge in [0.15, 0.2) is 6.61 Å². The largest absolute Gasteiger partial charge is 0.479 e. The Morgan fingerprint density at radius 2 is 1.61 bits per heavy atom. The predicted octanol–water partition coefficient (Wildman–Crippen LogP) is 3.12. The molecule has 1 aromatic heterocycles. The molecule has 0 atom stereocenters. The molecule has 9 heteroatoms. The highest BCUT2D eigenvalue weighted by Crippen LogP contribution is 2.44. The molecule has 0 fully saturated rings. The van der Waals surface area contributed by atoms with Crippen LogP contribution in [0.1, 0.15) is 22.7 Å². The molecule has 33 heavy (non-hydrogen) atoms. The number of carboxylic acids is 1. The van der Waals surface area contributed by atoms with E-state index in [2.05, 4.69) is 27.3 Å². The van der Waals surface area contributed by atoms with Gasteiger partial charge in [-0.2, -0.15) is 0 Å². The third kappa shape index (κ3) is 5.34. The monoisotopic (exact) mass is 447 g/mol. The molecule has 168 valence electrons. The van der Waals surface area contributed by atoms with Gasteiger partial charge in [-0.15, -0.1) is 0 Å². The van der Waals surface area contributed by atoms with Crippen molar-refractivity contribution >= 4 is 23.7 Å². The molecule has 1 aliphatic rings. The highest BCUT2D eigenvalue weighted by Gasteiger charge is 2.29. The Labute approximate surface area is 189 Å². The zero-order chi connectivity index (χ0) is 23.2. The molecule has 0 aliphatic heterocycles. The molecule has 4 rings (SSSR count). The summed E-state index contributed by atoms with van der Waals surface area (Å²) in [6, 6.07) is 19.3. The number of hydrogen-bond donors (Lipinski definition) is 3. The first-order chi connectivity index (χ1) is 16.0. The zero-order valence-corrected chi connectivity index (χ0v) is 17.5. The molecule has 9 nitrogen and oxygen atoms in total. The van der Waals surface area contributed by atoms with Gasteiger partial charge < -0.3 is 9.84 Å². The molecule has 1 heterocycles. The smallest absolute Gasteiger partial charge is 0.411 e. The molecular formula is C24H21N3O6. The van der Waals surface area contributed by atoms with Crippen molar-refractivity contribution in [3.8, 4) is 11.1 Å². The number of rotatable bonds is 8. The highest BCUT2D eigenvalue weighted by atomic mass is 16.7. The fourth-order valence-corrected chi connectivity index (χ4v) is 3.73. The first-order valence-corrected chi connectivity index (χ1v) is 10.2. The van der Waals surface area contributed by atoms with Crippen LogP contribution in [0.3, 0.4) is 0 Å². The normalized spacial score (nSPS) is 11.9. The van der Waals surface area contributed by atoms with Gasteiger partial charge in [0.1, 0.15) is 6.61 Å². The van der Waals surface area contributed by atoms with Crippen molar-refractivity contribution in [1.29, 1.82) is 0 Å². The van der Waals surface area contributed by atoms with Crippen molar-refractivity contribution in [3.05, 3.63) is 83.7 Å². The van der Waals surface area contributed by atoms with Crippen LogP contribution in [-0.2, 0) is 25.6 Å². The van der Waals surface area contributed by atoms with Crippen molar-refractivity contribution in [2.24, 2.45) is 0 Å². The molecular weight excluding hydrogens is 426 g/mol. The summed E-state index contributed by atoms with van der Waals surface area (Å²) in [5.41, 5.74) is 7.41. The molecule has 2 aromatic carbocycles. The second-order valence-corrected chi connectivity index (χ2v) is 7.37. The second kappa shape index (κ2) is 9.92. The Hall–Kier alpha value is -4.24. The minimum absolute atomic E-state index is 0.0366. The van der Waals surface area contributed by atoms with Gasteiger partial charge in [0, 0.05) is 11.6 Å². The summed E-state index contributed by atoms with van der Waals surface area (Å²) in [5.74, 6) is -1.77. The number of carbonyl (C=O) groups excluding carboxylic acids is 2. The fourth-order valence-electron chi connectivity index (χ4n) is 3.73. The van der Waals surface area contributed by atoms with E-state index in [0.29, 0.717) is 11.4 Å². The van der Waals surface area contributed by atoms with E-state index in [0.717, 1.165) is 22.3 Å². The van der Waals surface area contributed by atoms with Crippen molar-refractivity contribution < 1.29 is 29.1 Å². The maximum Gasteiger partial charge on any atom is 0.411 e. The molecule has 3 N–H and O–H groups in total. The lowest BCUT2D eigenvalue weighted by Crippen LogP contribution is -2.28. The van der Waals surface area contributed by atoms with Gasteiger partial charge in [-0.3, -0.25) is 19.9 Å². The van der Waals surface area contributed by atoms with E-state index in [4.69, 9.17) is 9.84 Å². The number of nitrogens with zero attached hydrogens (tertiary/aromatic N) is 1. The van der Waals surface area contributed by atoms with Crippen LogP contribution in [0.25, 0.3) is 11.1 Å². The van der Waals surface area contributed by atoms with Crippen LogP contribution < -0.4 is 10.8 Å². The molecule has 0 saturated carbocycles. The van der Waals surface area contributed by atoms with Crippen LogP contribution in [0.2, 0.25) is 0 Å². The Morgan fingerprint density at radius 1 is 0.939 bits per heavy atom. The van der Waals surface area contributed by atoms with Crippen molar-refractivity contribution in [2.45, 2.75) is 12.3 Å². The first-order valence-electron chi connectivity index (χ1n) is 10.2.